The molecular weight excluding hydrogens is 302 g/mol. The van der Waals surface area contributed by atoms with Gasteiger partial charge in [-0.1, -0.05) is 12.1 Å². The highest BCUT2D eigenvalue weighted by Gasteiger charge is 2.18. The lowest BCUT2D eigenvalue weighted by Crippen LogP contribution is -2.35. The first kappa shape index (κ1) is 18.4. The van der Waals surface area contributed by atoms with Crippen molar-refractivity contribution in [1.82, 2.24) is 5.32 Å². The van der Waals surface area contributed by atoms with Crippen molar-refractivity contribution < 1.29 is 18.5 Å². The molecule has 1 aromatic rings. The van der Waals surface area contributed by atoms with E-state index in [1.54, 1.807) is 24.3 Å². The van der Waals surface area contributed by atoms with Crippen LogP contribution in [0.15, 0.2) is 24.3 Å². The van der Waals surface area contributed by atoms with E-state index in [4.69, 9.17) is 4.74 Å². The fraction of sp³-hybridized carbons (Fsp3) is 0.500. The van der Waals surface area contributed by atoms with Gasteiger partial charge in [0.1, 0.15) is 5.75 Å². The van der Waals surface area contributed by atoms with E-state index < -0.39 is 10.8 Å². The third-order valence-corrected chi connectivity index (χ3v) is 4.84. The van der Waals surface area contributed by atoms with E-state index in [0.29, 0.717) is 23.6 Å². The second-order valence-electron chi connectivity index (χ2n) is 5.88. The Balaban J connectivity index is 2.36. The van der Waals surface area contributed by atoms with Gasteiger partial charge in [-0.25, -0.2) is 0 Å². The van der Waals surface area contributed by atoms with Gasteiger partial charge in [-0.3, -0.25) is 13.8 Å². The van der Waals surface area contributed by atoms with E-state index in [0.717, 1.165) is 0 Å². The van der Waals surface area contributed by atoms with Crippen LogP contribution in [0.4, 0.5) is 0 Å². The van der Waals surface area contributed by atoms with Gasteiger partial charge >= 0.3 is 0 Å². The summed E-state index contributed by atoms with van der Waals surface area (Å²) in [5.41, 5.74) is 0.540. The lowest BCUT2D eigenvalue weighted by Gasteiger charge is -2.17. The Morgan fingerprint density at radius 3 is 2.55 bits per heavy atom. The van der Waals surface area contributed by atoms with Crippen LogP contribution < -0.4 is 10.1 Å². The molecule has 0 aliphatic carbocycles. The van der Waals surface area contributed by atoms with Crippen molar-refractivity contribution in [2.24, 2.45) is 0 Å². The Morgan fingerprint density at radius 2 is 1.95 bits per heavy atom. The monoisotopic (exact) mass is 325 g/mol. The van der Waals surface area contributed by atoms with Crippen LogP contribution in [-0.2, 0) is 15.6 Å². The highest BCUT2D eigenvalue weighted by molar-refractivity contribution is 7.86. The first-order chi connectivity index (χ1) is 10.2. The topological polar surface area (TPSA) is 72.5 Å². The molecular formula is C16H23NO4S. The summed E-state index contributed by atoms with van der Waals surface area (Å²) in [5.74, 6) is 0.550. The number of carbonyl (C=O) groups excluding carboxylic acids is 2. The average molecular weight is 325 g/mol. The normalized spacial score (nSPS) is 12.5. The van der Waals surface area contributed by atoms with Crippen molar-refractivity contribution in [3.8, 4) is 5.75 Å². The molecule has 0 aliphatic rings. The number of carbonyl (C=O) groups is 2. The zero-order chi connectivity index (χ0) is 16.8. The smallest absolute Gasteiger partial charge is 0.257 e. The standard InChI is InChI=1S/C16H23NO4S/c1-12(18)13-6-5-7-14(10-13)21-11-15(19)17-8-9-22(20)16(2,3)4/h5-7,10H,8-9,11H2,1-4H3,(H,17,19). The second-order valence-corrected chi connectivity index (χ2v) is 8.21. The molecule has 1 atom stereocenters. The highest BCUT2D eigenvalue weighted by atomic mass is 32.2. The Kier molecular flexibility index (Phi) is 6.74. The van der Waals surface area contributed by atoms with Crippen molar-refractivity contribution in [2.45, 2.75) is 32.4 Å². The quantitative estimate of drug-likeness (QED) is 0.778. The van der Waals surface area contributed by atoms with Gasteiger partial charge in [0.15, 0.2) is 12.4 Å². The summed E-state index contributed by atoms with van der Waals surface area (Å²) in [6.45, 7) is 7.38. The molecule has 5 nitrogen and oxygen atoms in total. The number of hydrogen-bond donors (Lipinski definition) is 1. The maximum Gasteiger partial charge on any atom is 0.257 e. The van der Waals surface area contributed by atoms with Crippen LogP contribution in [0.1, 0.15) is 38.1 Å². The zero-order valence-corrected chi connectivity index (χ0v) is 14.3. The molecule has 1 rings (SSSR count). The Morgan fingerprint density at radius 1 is 1.27 bits per heavy atom. The van der Waals surface area contributed by atoms with Crippen molar-refractivity contribution in [2.75, 3.05) is 18.9 Å². The minimum absolute atomic E-state index is 0.0560. The average Bonchev–Trinajstić information content (AvgIpc) is 2.44. The molecule has 1 amide bonds. The summed E-state index contributed by atoms with van der Waals surface area (Å²) in [4.78, 5) is 22.9. The lowest BCUT2D eigenvalue weighted by molar-refractivity contribution is -0.122. The third-order valence-electron chi connectivity index (χ3n) is 2.90. The molecule has 0 saturated heterocycles. The molecule has 0 radical (unpaired) electrons. The van der Waals surface area contributed by atoms with Crippen LogP contribution in [0.5, 0.6) is 5.75 Å². The number of nitrogens with one attached hydrogen (secondary N) is 1. The minimum Gasteiger partial charge on any atom is -0.484 e. The summed E-state index contributed by atoms with van der Waals surface area (Å²) in [6.07, 6.45) is 0. The summed E-state index contributed by atoms with van der Waals surface area (Å²) >= 11 is 0. The molecule has 22 heavy (non-hydrogen) atoms. The van der Waals surface area contributed by atoms with Crippen LogP contribution in [0.25, 0.3) is 0 Å². The molecule has 0 bridgehead atoms. The Labute approximate surface area is 133 Å². The van der Waals surface area contributed by atoms with E-state index in [1.807, 2.05) is 20.8 Å². The summed E-state index contributed by atoms with van der Waals surface area (Å²) in [7, 11) is -0.995. The van der Waals surface area contributed by atoms with E-state index in [-0.39, 0.29) is 23.0 Å². The van der Waals surface area contributed by atoms with Crippen LogP contribution in [-0.4, -0.2) is 39.6 Å². The number of hydrogen-bond acceptors (Lipinski definition) is 4. The summed E-state index contributed by atoms with van der Waals surface area (Å²) in [6, 6.07) is 6.69. The first-order valence-corrected chi connectivity index (χ1v) is 8.41. The Hall–Kier alpha value is -1.69. The van der Waals surface area contributed by atoms with Gasteiger partial charge in [-0.2, -0.15) is 0 Å². The number of benzene rings is 1. The van der Waals surface area contributed by atoms with Gasteiger partial charge < -0.3 is 10.1 Å². The van der Waals surface area contributed by atoms with Crippen molar-refractivity contribution in [3.63, 3.8) is 0 Å². The van der Waals surface area contributed by atoms with E-state index in [1.165, 1.54) is 6.92 Å². The van der Waals surface area contributed by atoms with Gasteiger partial charge in [-0.15, -0.1) is 0 Å². The fourth-order valence-corrected chi connectivity index (χ4v) is 2.49. The highest BCUT2D eigenvalue weighted by Crippen LogP contribution is 2.13. The molecule has 1 unspecified atom stereocenters. The van der Waals surface area contributed by atoms with Gasteiger partial charge in [0.25, 0.3) is 5.91 Å². The molecule has 1 aromatic carbocycles. The largest absolute Gasteiger partial charge is 0.484 e. The van der Waals surface area contributed by atoms with Crippen LogP contribution in [0.3, 0.4) is 0 Å². The van der Waals surface area contributed by atoms with Crippen molar-refractivity contribution >= 4 is 22.5 Å². The predicted octanol–water partition coefficient (Wildman–Crippen LogP) is 1.93. The molecule has 0 heterocycles. The third kappa shape index (κ3) is 6.39. The molecule has 0 aliphatic heterocycles. The van der Waals surface area contributed by atoms with E-state index in [2.05, 4.69) is 5.32 Å². The summed E-state index contributed by atoms with van der Waals surface area (Å²) < 4.78 is 16.9. The van der Waals surface area contributed by atoms with Gasteiger partial charge in [0.05, 0.1) is 0 Å². The second kappa shape index (κ2) is 8.08. The summed E-state index contributed by atoms with van der Waals surface area (Å²) in [5, 5.41) is 2.67. The lowest BCUT2D eigenvalue weighted by atomic mass is 10.1. The first-order valence-electron chi connectivity index (χ1n) is 7.09. The minimum atomic E-state index is -0.995. The Bertz CT molecular complexity index is 564. The molecule has 1 N–H and O–H groups in total. The van der Waals surface area contributed by atoms with Crippen molar-refractivity contribution in [3.05, 3.63) is 29.8 Å². The van der Waals surface area contributed by atoms with E-state index in [9.17, 15) is 13.8 Å². The predicted molar refractivity (Wildman–Crippen MR) is 87.7 cm³/mol. The van der Waals surface area contributed by atoms with Gasteiger partial charge in [0, 0.05) is 33.4 Å². The van der Waals surface area contributed by atoms with Gasteiger partial charge in [-0.05, 0) is 39.8 Å². The number of rotatable bonds is 7. The molecule has 0 aromatic heterocycles. The van der Waals surface area contributed by atoms with Crippen LogP contribution >= 0.6 is 0 Å². The van der Waals surface area contributed by atoms with E-state index >= 15 is 0 Å². The van der Waals surface area contributed by atoms with Crippen molar-refractivity contribution in [1.29, 1.82) is 0 Å². The molecule has 122 valence electrons. The number of ketones is 1. The molecule has 0 spiro atoms. The number of Topliss-reactive ketones (excluding diaryl/α,β-unsaturated/α-hetero) is 1. The fourth-order valence-electron chi connectivity index (χ4n) is 1.59. The molecule has 6 heteroatoms. The zero-order valence-electron chi connectivity index (χ0n) is 13.5. The number of amides is 1. The number of ether oxygens (including phenoxy) is 1. The van der Waals surface area contributed by atoms with Crippen LogP contribution in [0, 0.1) is 0 Å². The molecule has 0 fully saturated rings. The molecule has 0 saturated carbocycles. The maximum absolute atomic E-state index is 11.8. The SMILES string of the molecule is CC(=O)c1cccc(OCC(=O)NCCS(=O)C(C)(C)C)c1. The van der Waals surface area contributed by atoms with Gasteiger partial charge in [0.2, 0.25) is 0 Å². The maximum atomic E-state index is 11.8. The van der Waals surface area contributed by atoms with Crippen LogP contribution in [0.2, 0.25) is 0 Å².